The monoisotopic (exact) mass is 412 g/mol. The number of hydrazine groups is 1. The number of hydrogen-bond acceptors (Lipinski definition) is 4. The molecule has 0 unspecified atom stereocenters. The van der Waals surface area contributed by atoms with Gasteiger partial charge in [0.2, 0.25) is 0 Å². The third-order valence-electron chi connectivity index (χ3n) is 3.30. The molecule has 2 rings (SSSR count). The Morgan fingerprint density at radius 3 is 2.38 bits per heavy atom. The van der Waals surface area contributed by atoms with Crippen LogP contribution in [0.4, 0.5) is 5.69 Å². The van der Waals surface area contributed by atoms with E-state index >= 15 is 0 Å². The second kappa shape index (κ2) is 9.33. The van der Waals surface area contributed by atoms with Gasteiger partial charge in [-0.25, -0.2) is 0 Å². The zero-order valence-electron chi connectivity index (χ0n) is 13.3. The molecule has 0 saturated carbocycles. The SMILES string of the molecule is O=C(NNC(=S)NCCc1ccc(Cl)cc1)c1cc(Cl)ccc1[N+](=O)[O-]. The van der Waals surface area contributed by atoms with Gasteiger partial charge in [0.15, 0.2) is 5.11 Å². The molecule has 0 aliphatic heterocycles. The summed E-state index contributed by atoms with van der Waals surface area (Å²) in [5.74, 6) is -0.721. The minimum Gasteiger partial charge on any atom is -0.361 e. The van der Waals surface area contributed by atoms with Crippen molar-refractivity contribution in [2.24, 2.45) is 0 Å². The molecule has 7 nitrogen and oxygen atoms in total. The van der Waals surface area contributed by atoms with Crippen molar-refractivity contribution in [2.75, 3.05) is 6.54 Å². The van der Waals surface area contributed by atoms with Crippen molar-refractivity contribution in [1.29, 1.82) is 0 Å². The molecule has 0 heterocycles. The largest absolute Gasteiger partial charge is 0.361 e. The Hall–Kier alpha value is -2.42. The fourth-order valence-corrected chi connectivity index (χ4v) is 2.50. The lowest BCUT2D eigenvalue weighted by Crippen LogP contribution is -2.47. The number of nitro benzene ring substituents is 1. The number of benzene rings is 2. The van der Waals surface area contributed by atoms with E-state index in [9.17, 15) is 14.9 Å². The number of nitrogens with one attached hydrogen (secondary N) is 3. The van der Waals surface area contributed by atoms with Gasteiger partial charge in [0.25, 0.3) is 11.6 Å². The standard InChI is InChI=1S/C16H14Cl2N4O3S/c17-11-3-1-10(2-4-11)7-8-19-16(26)21-20-15(23)13-9-12(18)5-6-14(13)22(24)25/h1-6,9H,7-8H2,(H,20,23)(H2,19,21,26). The molecule has 0 aliphatic carbocycles. The Morgan fingerprint density at radius 1 is 1.08 bits per heavy atom. The van der Waals surface area contributed by atoms with Gasteiger partial charge in [-0.3, -0.25) is 25.8 Å². The van der Waals surface area contributed by atoms with E-state index in [4.69, 9.17) is 35.4 Å². The third-order valence-corrected chi connectivity index (χ3v) is 4.04. The fourth-order valence-electron chi connectivity index (χ4n) is 2.05. The zero-order chi connectivity index (χ0) is 19.1. The van der Waals surface area contributed by atoms with Crippen molar-refractivity contribution in [1.82, 2.24) is 16.2 Å². The molecule has 0 fully saturated rings. The minimum absolute atomic E-state index is 0.168. The summed E-state index contributed by atoms with van der Waals surface area (Å²) in [5.41, 5.74) is 5.35. The Bertz CT molecular complexity index is 831. The number of nitro groups is 1. The molecule has 2 aromatic rings. The predicted molar refractivity (Wildman–Crippen MR) is 104 cm³/mol. The number of amides is 1. The molecular formula is C16H14Cl2N4O3S. The van der Waals surface area contributed by atoms with Crippen LogP contribution in [0.25, 0.3) is 0 Å². The molecule has 0 aliphatic rings. The molecule has 0 saturated heterocycles. The van der Waals surface area contributed by atoms with E-state index in [1.807, 2.05) is 12.1 Å². The zero-order valence-corrected chi connectivity index (χ0v) is 15.6. The van der Waals surface area contributed by atoms with Gasteiger partial charge in [-0.05, 0) is 48.5 Å². The van der Waals surface area contributed by atoms with E-state index in [0.29, 0.717) is 18.0 Å². The summed E-state index contributed by atoms with van der Waals surface area (Å²) in [5, 5.41) is 15.0. The van der Waals surface area contributed by atoms with Crippen LogP contribution in [0.1, 0.15) is 15.9 Å². The number of hydrogen-bond donors (Lipinski definition) is 3. The predicted octanol–water partition coefficient (Wildman–Crippen LogP) is 3.25. The average molecular weight is 413 g/mol. The van der Waals surface area contributed by atoms with E-state index in [1.165, 1.54) is 18.2 Å². The van der Waals surface area contributed by atoms with Gasteiger partial charge < -0.3 is 5.32 Å². The van der Waals surface area contributed by atoms with Gasteiger partial charge in [-0.15, -0.1) is 0 Å². The lowest BCUT2D eigenvalue weighted by molar-refractivity contribution is -0.385. The Labute approximate surface area is 164 Å². The second-order valence-electron chi connectivity index (χ2n) is 5.13. The summed E-state index contributed by atoms with van der Waals surface area (Å²) in [6.07, 6.45) is 0.701. The van der Waals surface area contributed by atoms with Crippen molar-refractivity contribution in [2.45, 2.75) is 6.42 Å². The molecule has 0 aromatic heterocycles. The number of nitrogens with zero attached hydrogens (tertiary/aromatic N) is 1. The van der Waals surface area contributed by atoms with Crippen LogP contribution in [0.5, 0.6) is 0 Å². The van der Waals surface area contributed by atoms with Crippen LogP contribution in [0.2, 0.25) is 10.0 Å². The van der Waals surface area contributed by atoms with E-state index < -0.39 is 10.8 Å². The smallest absolute Gasteiger partial charge is 0.282 e. The molecule has 10 heteroatoms. The maximum absolute atomic E-state index is 12.1. The topological polar surface area (TPSA) is 96.3 Å². The van der Waals surface area contributed by atoms with Gasteiger partial charge in [-0.2, -0.15) is 0 Å². The molecule has 2 aromatic carbocycles. The molecule has 3 N–H and O–H groups in total. The lowest BCUT2D eigenvalue weighted by atomic mass is 10.1. The van der Waals surface area contributed by atoms with Gasteiger partial charge in [0, 0.05) is 22.7 Å². The van der Waals surface area contributed by atoms with Crippen molar-refractivity contribution >= 4 is 52.1 Å². The molecule has 0 bridgehead atoms. The Balaban J connectivity index is 1.83. The van der Waals surface area contributed by atoms with Gasteiger partial charge >= 0.3 is 0 Å². The van der Waals surface area contributed by atoms with Crippen LogP contribution in [-0.4, -0.2) is 22.5 Å². The molecule has 0 radical (unpaired) electrons. The van der Waals surface area contributed by atoms with E-state index in [-0.39, 0.29) is 21.4 Å². The van der Waals surface area contributed by atoms with Crippen LogP contribution in [0.3, 0.4) is 0 Å². The van der Waals surface area contributed by atoms with E-state index in [1.54, 1.807) is 12.1 Å². The Kier molecular flexibility index (Phi) is 7.14. The fraction of sp³-hybridized carbons (Fsp3) is 0.125. The molecular weight excluding hydrogens is 399 g/mol. The van der Waals surface area contributed by atoms with Crippen molar-refractivity contribution in [3.8, 4) is 0 Å². The van der Waals surface area contributed by atoms with E-state index in [2.05, 4.69) is 16.2 Å². The van der Waals surface area contributed by atoms with Crippen LogP contribution in [0, 0.1) is 10.1 Å². The first-order valence-corrected chi connectivity index (χ1v) is 8.56. The summed E-state index contributed by atoms with van der Waals surface area (Å²) in [7, 11) is 0. The molecule has 0 atom stereocenters. The summed E-state index contributed by atoms with van der Waals surface area (Å²) in [4.78, 5) is 22.4. The average Bonchev–Trinajstić information content (AvgIpc) is 2.61. The van der Waals surface area contributed by atoms with Crippen molar-refractivity contribution < 1.29 is 9.72 Å². The number of thiocarbonyl (C=S) groups is 1. The molecule has 1 amide bonds. The lowest BCUT2D eigenvalue weighted by Gasteiger charge is -2.12. The highest BCUT2D eigenvalue weighted by Crippen LogP contribution is 2.22. The van der Waals surface area contributed by atoms with E-state index in [0.717, 1.165) is 5.56 Å². The number of rotatable bonds is 5. The highest BCUT2D eigenvalue weighted by Gasteiger charge is 2.20. The van der Waals surface area contributed by atoms with Crippen LogP contribution >= 0.6 is 35.4 Å². The van der Waals surface area contributed by atoms with Gasteiger partial charge in [0.05, 0.1) is 4.92 Å². The highest BCUT2D eigenvalue weighted by atomic mass is 35.5. The first-order chi connectivity index (χ1) is 12.4. The Morgan fingerprint density at radius 2 is 1.73 bits per heavy atom. The number of carbonyl (C=O) groups is 1. The summed E-state index contributed by atoms with van der Waals surface area (Å²) >= 11 is 16.7. The number of halogens is 2. The van der Waals surface area contributed by atoms with Crippen molar-refractivity contribution in [3.63, 3.8) is 0 Å². The van der Waals surface area contributed by atoms with Crippen LogP contribution in [0.15, 0.2) is 42.5 Å². The quantitative estimate of drug-likeness (QED) is 0.396. The maximum Gasteiger partial charge on any atom is 0.282 e. The first-order valence-electron chi connectivity index (χ1n) is 7.39. The summed E-state index contributed by atoms with van der Waals surface area (Å²) in [6, 6.07) is 11.1. The molecule has 136 valence electrons. The maximum atomic E-state index is 12.1. The third kappa shape index (κ3) is 5.83. The number of carbonyl (C=O) groups excluding carboxylic acids is 1. The molecule has 26 heavy (non-hydrogen) atoms. The minimum atomic E-state index is -0.721. The van der Waals surface area contributed by atoms with Crippen molar-refractivity contribution in [3.05, 3.63) is 73.8 Å². The van der Waals surface area contributed by atoms with Gasteiger partial charge in [0.1, 0.15) is 5.56 Å². The summed E-state index contributed by atoms with van der Waals surface area (Å²) < 4.78 is 0. The highest BCUT2D eigenvalue weighted by molar-refractivity contribution is 7.80. The summed E-state index contributed by atoms with van der Waals surface area (Å²) in [6.45, 7) is 0.528. The van der Waals surface area contributed by atoms with Gasteiger partial charge in [-0.1, -0.05) is 35.3 Å². The second-order valence-corrected chi connectivity index (χ2v) is 6.41. The van der Waals surface area contributed by atoms with Crippen LogP contribution < -0.4 is 16.2 Å². The first kappa shape index (κ1) is 19.9. The molecule has 0 spiro atoms. The normalized spacial score (nSPS) is 10.1. The van der Waals surface area contributed by atoms with Crippen LogP contribution in [-0.2, 0) is 6.42 Å².